The van der Waals surface area contributed by atoms with Crippen LogP contribution in [0.2, 0.25) is 0 Å². The first-order chi connectivity index (χ1) is 14.0. The zero-order valence-electron chi connectivity index (χ0n) is 17.5. The van der Waals surface area contributed by atoms with Crippen LogP contribution in [0.15, 0.2) is 69.3 Å². The third-order valence-electron chi connectivity index (χ3n) is 5.31. The summed E-state index contributed by atoms with van der Waals surface area (Å²) < 4.78 is 54.9. The summed E-state index contributed by atoms with van der Waals surface area (Å²) in [4.78, 5) is 0.187. The van der Waals surface area contributed by atoms with Crippen molar-refractivity contribution in [3.63, 3.8) is 0 Å². The number of hydrogen-bond donors (Lipinski definition) is 1. The van der Waals surface area contributed by atoms with Gasteiger partial charge in [-0.3, -0.25) is 0 Å². The average molecular weight is 450 g/mol. The van der Waals surface area contributed by atoms with Crippen LogP contribution in [0.25, 0.3) is 0 Å². The normalized spacial score (nSPS) is 20.5. The Morgan fingerprint density at radius 3 is 1.77 bits per heavy atom. The second kappa shape index (κ2) is 8.26. The molecule has 30 heavy (non-hydrogen) atoms. The van der Waals surface area contributed by atoms with Crippen LogP contribution in [0.3, 0.4) is 0 Å². The van der Waals surface area contributed by atoms with Crippen LogP contribution in [0.5, 0.6) is 0 Å². The van der Waals surface area contributed by atoms with Gasteiger partial charge in [-0.1, -0.05) is 49.2 Å². The molecule has 2 aromatic carbocycles. The number of aryl methyl sites for hydroxylation is 2. The monoisotopic (exact) mass is 449 g/mol. The standard InChI is InChI=1S/C22H27NO5S2/c1-15(2)22-21(29(25,26)19-9-5-16(3)6-10-19)13-18(14-24)23(22)30(27,28)20-11-7-17(4)8-12-20/h5-13,15,18,22,24H,14H2,1-4H3/t18-,22-/m0/s1. The molecule has 2 atom stereocenters. The second-order valence-electron chi connectivity index (χ2n) is 7.97. The predicted octanol–water partition coefficient (Wildman–Crippen LogP) is 3.05. The van der Waals surface area contributed by atoms with Gasteiger partial charge in [-0.05, 0) is 50.1 Å². The molecule has 1 heterocycles. The number of hydrogen-bond acceptors (Lipinski definition) is 5. The number of nitrogens with zero attached hydrogens (tertiary/aromatic N) is 1. The van der Waals surface area contributed by atoms with E-state index >= 15 is 0 Å². The summed E-state index contributed by atoms with van der Waals surface area (Å²) in [5.41, 5.74) is 1.84. The van der Waals surface area contributed by atoms with Gasteiger partial charge in [0.2, 0.25) is 19.9 Å². The lowest BCUT2D eigenvalue weighted by molar-refractivity contribution is 0.195. The highest BCUT2D eigenvalue weighted by Gasteiger charge is 2.48. The van der Waals surface area contributed by atoms with E-state index in [-0.39, 0.29) is 20.6 Å². The summed E-state index contributed by atoms with van der Waals surface area (Å²) in [6.07, 6.45) is 1.38. The van der Waals surface area contributed by atoms with E-state index in [4.69, 9.17) is 0 Å². The van der Waals surface area contributed by atoms with Crippen molar-refractivity contribution in [2.24, 2.45) is 5.92 Å². The molecule has 1 aliphatic heterocycles. The quantitative estimate of drug-likeness (QED) is 0.732. The fourth-order valence-electron chi connectivity index (χ4n) is 3.71. The summed E-state index contributed by atoms with van der Waals surface area (Å²) in [5.74, 6) is -0.326. The number of sulfonamides is 1. The number of benzene rings is 2. The lowest BCUT2D eigenvalue weighted by atomic mass is 10.1. The van der Waals surface area contributed by atoms with E-state index in [1.54, 1.807) is 38.1 Å². The SMILES string of the molecule is Cc1ccc(S(=O)(=O)C2=C[C@@H](CO)N(S(=O)(=O)c3ccc(C)cc3)[C@H]2C(C)C)cc1. The van der Waals surface area contributed by atoms with Crippen LogP contribution < -0.4 is 0 Å². The summed E-state index contributed by atoms with van der Waals surface area (Å²) >= 11 is 0. The Morgan fingerprint density at radius 1 is 0.867 bits per heavy atom. The van der Waals surface area contributed by atoms with E-state index in [9.17, 15) is 21.9 Å². The predicted molar refractivity (Wildman–Crippen MR) is 116 cm³/mol. The summed E-state index contributed by atoms with van der Waals surface area (Å²) in [5, 5.41) is 9.94. The van der Waals surface area contributed by atoms with E-state index in [0.29, 0.717) is 0 Å². The van der Waals surface area contributed by atoms with Crippen molar-refractivity contribution in [1.82, 2.24) is 4.31 Å². The Hall–Kier alpha value is -2.00. The van der Waals surface area contributed by atoms with Gasteiger partial charge in [0.1, 0.15) is 0 Å². The van der Waals surface area contributed by atoms with Crippen molar-refractivity contribution in [3.05, 3.63) is 70.6 Å². The first kappa shape index (κ1) is 22.7. The van der Waals surface area contributed by atoms with E-state index in [2.05, 4.69) is 0 Å². The first-order valence-corrected chi connectivity index (χ1v) is 12.7. The molecule has 0 aliphatic carbocycles. The lowest BCUT2D eigenvalue weighted by Gasteiger charge is -2.32. The summed E-state index contributed by atoms with van der Waals surface area (Å²) in [6.45, 7) is 6.76. The molecule has 0 saturated carbocycles. The van der Waals surface area contributed by atoms with Crippen molar-refractivity contribution < 1.29 is 21.9 Å². The molecule has 8 heteroatoms. The maximum absolute atomic E-state index is 13.5. The molecule has 0 radical (unpaired) electrons. The van der Waals surface area contributed by atoms with Gasteiger partial charge in [0.15, 0.2) is 0 Å². The molecule has 0 bridgehead atoms. The molecule has 0 unspecified atom stereocenters. The van der Waals surface area contributed by atoms with Crippen LogP contribution in [0.4, 0.5) is 0 Å². The number of sulfone groups is 1. The van der Waals surface area contributed by atoms with E-state index in [1.165, 1.54) is 30.3 Å². The van der Waals surface area contributed by atoms with Gasteiger partial charge >= 0.3 is 0 Å². The van der Waals surface area contributed by atoms with Crippen LogP contribution in [0, 0.1) is 19.8 Å². The molecule has 0 fully saturated rings. The van der Waals surface area contributed by atoms with Crippen molar-refractivity contribution >= 4 is 19.9 Å². The molecule has 0 saturated heterocycles. The maximum Gasteiger partial charge on any atom is 0.244 e. The van der Waals surface area contributed by atoms with Crippen molar-refractivity contribution in [2.75, 3.05) is 6.61 Å². The molecule has 162 valence electrons. The van der Waals surface area contributed by atoms with E-state index in [1.807, 2.05) is 13.8 Å². The maximum atomic E-state index is 13.5. The van der Waals surface area contributed by atoms with Gasteiger partial charge in [-0.2, -0.15) is 4.31 Å². The molecular formula is C22H27NO5S2. The Morgan fingerprint density at radius 2 is 1.33 bits per heavy atom. The third kappa shape index (κ3) is 3.97. The summed E-state index contributed by atoms with van der Waals surface area (Å²) in [7, 11) is -7.97. The minimum absolute atomic E-state index is 0.0103. The fourth-order valence-corrected chi connectivity index (χ4v) is 7.45. The van der Waals surface area contributed by atoms with Gasteiger partial charge in [0.05, 0.1) is 33.4 Å². The van der Waals surface area contributed by atoms with Crippen LogP contribution in [-0.2, 0) is 19.9 Å². The molecule has 3 rings (SSSR count). The van der Waals surface area contributed by atoms with Gasteiger partial charge < -0.3 is 5.11 Å². The van der Waals surface area contributed by atoms with E-state index < -0.39 is 38.6 Å². The van der Waals surface area contributed by atoms with Crippen LogP contribution >= 0.6 is 0 Å². The topological polar surface area (TPSA) is 91.8 Å². The van der Waals surface area contributed by atoms with Crippen molar-refractivity contribution in [1.29, 1.82) is 0 Å². The van der Waals surface area contributed by atoms with Crippen LogP contribution in [-0.4, -0.2) is 44.9 Å². The smallest absolute Gasteiger partial charge is 0.244 e. The molecule has 6 nitrogen and oxygen atoms in total. The van der Waals surface area contributed by atoms with Crippen LogP contribution in [0.1, 0.15) is 25.0 Å². The van der Waals surface area contributed by atoms with Gasteiger partial charge in [0.25, 0.3) is 0 Å². The minimum atomic E-state index is -4.04. The Balaban J connectivity index is 2.13. The average Bonchev–Trinajstić information content (AvgIpc) is 3.10. The highest BCUT2D eigenvalue weighted by molar-refractivity contribution is 7.95. The molecule has 1 aliphatic rings. The van der Waals surface area contributed by atoms with Gasteiger partial charge in [-0.15, -0.1) is 0 Å². The molecule has 1 N–H and O–H groups in total. The van der Waals surface area contributed by atoms with Crippen molar-refractivity contribution in [3.8, 4) is 0 Å². The molecule has 0 aromatic heterocycles. The molecule has 0 amide bonds. The van der Waals surface area contributed by atoms with E-state index in [0.717, 1.165) is 15.4 Å². The fraction of sp³-hybridized carbons (Fsp3) is 0.364. The highest BCUT2D eigenvalue weighted by atomic mass is 32.2. The zero-order valence-corrected chi connectivity index (χ0v) is 19.1. The Kier molecular flexibility index (Phi) is 6.25. The molecule has 2 aromatic rings. The largest absolute Gasteiger partial charge is 0.394 e. The van der Waals surface area contributed by atoms with Crippen molar-refractivity contribution in [2.45, 2.75) is 49.6 Å². The third-order valence-corrected chi connectivity index (χ3v) is 9.12. The summed E-state index contributed by atoms with van der Waals surface area (Å²) in [6, 6.07) is 11.0. The lowest BCUT2D eigenvalue weighted by Crippen LogP contribution is -2.47. The second-order valence-corrected chi connectivity index (χ2v) is 11.8. The van der Waals surface area contributed by atoms with Gasteiger partial charge in [-0.25, -0.2) is 16.8 Å². The van der Waals surface area contributed by atoms with Gasteiger partial charge in [0, 0.05) is 0 Å². The molecule has 0 spiro atoms. The number of aliphatic hydroxyl groups is 1. The highest BCUT2D eigenvalue weighted by Crippen LogP contribution is 2.39. The minimum Gasteiger partial charge on any atom is -0.394 e. The number of aliphatic hydroxyl groups excluding tert-OH is 1. The Bertz CT molecular complexity index is 1150. The first-order valence-electron chi connectivity index (χ1n) is 9.74. The zero-order chi connectivity index (χ0) is 22.3. The molecular weight excluding hydrogens is 422 g/mol. The number of rotatable bonds is 6. The Labute approximate surface area is 178 Å².